The highest BCUT2D eigenvalue weighted by molar-refractivity contribution is 6.22. The Kier molecular flexibility index (Phi) is 7.51. The molecule has 0 aliphatic heterocycles. The SMILES string of the molecule is c1ccc(-c2cccc(-c3c4ccccc4c(-c4ccc(-c5nc6ccccc6n5-c5ccccc5)cc4)c4ccc(-c5ccccc5)cc34)c2)cc1. The molecule has 0 fully saturated rings. The lowest BCUT2D eigenvalue weighted by Crippen LogP contribution is -1.97. The van der Waals surface area contributed by atoms with E-state index in [2.05, 4.69) is 211 Å². The van der Waals surface area contributed by atoms with Crippen LogP contribution < -0.4 is 0 Å². The molecule has 0 aliphatic carbocycles. The number of aromatic nitrogens is 2. The van der Waals surface area contributed by atoms with Crippen molar-refractivity contribution in [3.05, 3.63) is 206 Å². The molecule has 0 spiro atoms. The van der Waals surface area contributed by atoms with Gasteiger partial charge in [0.25, 0.3) is 0 Å². The molecule has 0 unspecified atom stereocenters. The van der Waals surface area contributed by atoms with Crippen molar-refractivity contribution in [2.75, 3.05) is 0 Å². The van der Waals surface area contributed by atoms with Crippen LogP contribution in [0.15, 0.2) is 206 Å². The molecule has 10 rings (SSSR count). The van der Waals surface area contributed by atoms with Gasteiger partial charge in [-0.3, -0.25) is 4.57 Å². The van der Waals surface area contributed by atoms with Crippen LogP contribution in [0.25, 0.3) is 94.2 Å². The summed E-state index contributed by atoms with van der Waals surface area (Å²) < 4.78 is 2.26. The first-order chi connectivity index (χ1) is 26.3. The molecule has 0 atom stereocenters. The van der Waals surface area contributed by atoms with E-state index in [1.807, 2.05) is 0 Å². The fraction of sp³-hybridized carbons (Fsp3) is 0. The summed E-state index contributed by atoms with van der Waals surface area (Å²) in [5.41, 5.74) is 13.9. The molecule has 0 amide bonds. The van der Waals surface area contributed by atoms with E-state index in [0.717, 1.165) is 28.1 Å². The molecule has 0 bridgehead atoms. The quantitative estimate of drug-likeness (QED) is 0.161. The summed E-state index contributed by atoms with van der Waals surface area (Å²) in [7, 11) is 0. The number of rotatable bonds is 6. The minimum atomic E-state index is 0.930. The van der Waals surface area contributed by atoms with E-state index >= 15 is 0 Å². The van der Waals surface area contributed by atoms with E-state index in [9.17, 15) is 0 Å². The molecule has 10 aromatic rings. The van der Waals surface area contributed by atoms with Gasteiger partial charge in [-0.25, -0.2) is 4.98 Å². The van der Waals surface area contributed by atoms with Crippen molar-refractivity contribution >= 4 is 32.6 Å². The Morgan fingerprint density at radius 3 is 1.49 bits per heavy atom. The second kappa shape index (κ2) is 12.9. The van der Waals surface area contributed by atoms with Crippen LogP contribution in [0.2, 0.25) is 0 Å². The fourth-order valence-corrected chi connectivity index (χ4v) is 7.94. The second-order valence-electron chi connectivity index (χ2n) is 13.5. The Bertz CT molecular complexity index is 2910. The number of nitrogens with zero attached hydrogens (tertiary/aromatic N) is 2. The third kappa shape index (κ3) is 5.40. The zero-order valence-electron chi connectivity index (χ0n) is 29.0. The summed E-state index contributed by atoms with van der Waals surface area (Å²) in [6.07, 6.45) is 0. The number of hydrogen-bond acceptors (Lipinski definition) is 1. The van der Waals surface area contributed by atoms with E-state index in [-0.39, 0.29) is 0 Å². The summed E-state index contributed by atoms with van der Waals surface area (Å²) in [6, 6.07) is 74.1. The third-order valence-electron chi connectivity index (χ3n) is 10.4. The van der Waals surface area contributed by atoms with Crippen molar-refractivity contribution in [2.45, 2.75) is 0 Å². The Morgan fingerprint density at radius 2 is 0.792 bits per heavy atom. The van der Waals surface area contributed by atoms with Crippen LogP contribution in [-0.2, 0) is 0 Å². The van der Waals surface area contributed by atoms with Crippen LogP contribution in [0.3, 0.4) is 0 Å². The molecule has 53 heavy (non-hydrogen) atoms. The van der Waals surface area contributed by atoms with E-state index < -0.39 is 0 Å². The molecular formula is C51H34N2. The van der Waals surface area contributed by atoms with Gasteiger partial charge in [0.05, 0.1) is 11.0 Å². The number of para-hydroxylation sites is 3. The summed E-state index contributed by atoms with van der Waals surface area (Å²) >= 11 is 0. The van der Waals surface area contributed by atoms with Crippen molar-refractivity contribution < 1.29 is 0 Å². The normalized spacial score (nSPS) is 11.4. The molecule has 1 aromatic heterocycles. The van der Waals surface area contributed by atoms with Crippen molar-refractivity contribution in [2.24, 2.45) is 0 Å². The average molecular weight is 675 g/mol. The van der Waals surface area contributed by atoms with E-state index in [1.165, 1.54) is 66.1 Å². The maximum absolute atomic E-state index is 5.14. The minimum absolute atomic E-state index is 0.930. The highest BCUT2D eigenvalue weighted by Crippen LogP contribution is 2.45. The lowest BCUT2D eigenvalue weighted by Gasteiger charge is -2.19. The van der Waals surface area contributed by atoms with Crippen LogP contribution in [0.4, 0.5) is 0 Å². The first-order valence-electron chi connectivity index (χ1n) is 18.1. The van der Waals surface area contributed by atoms with E-state index in [4.69, 9.17) is 4.98 Å². The maximum atomic E-state index is 5.14. The van der Waals surface area contributed by atoms with Crippen molar-refractivity contribution in [3.63, 3.8) is 0 Å². The maximum Gasteiger partial charge on any atom is 0.145 e. The molecule has 2 heteroatoms. The predicted octanol–water partition coefficient (Wildman–Crippen LogP) is 13.7. The first-order valence-corrected chi connectivity index (χ1v) is 18.1. The highest BCUT2D eigenvalue weighted by atomic mass is 15.1. The topological polar surface area (TPSA) is 17.8 Å². The van der Waals surface area contributed by atoms with Crippen LogP contribution in [0, 0.1) is 0 Å². The van der Waals surface area contributed by atoms with Gasteiger partial charge in [0.15, 0.2) is 0 Å². The number of fused-ring (bicyclic) bond motifs is 3. The van der Waals surface area contributed by atoms with Crippen LogP contribution in [0.5, 0.6) is 0 Å². The van der Waals surface area contributed by atoms with Gasteiger partial charge in [-0.2, -0.15) is 0 Å². The zero-order valence-corrected chi connectivity index (χ0v) is 29.0. The standard InChI is InChI=1S/C51H34N2/c1-4-15-35(16-5-1)39-19-14-20-41(33-39)50-44-24-11-10-23-43(44)49(45-32-31-40(34-46(45)50)36-17-6-2-7-18-36)37-27-29-38(30-28-37)51-52-47-25-12-13-26-48(47)53(51)42-21-8-3-9-22-42/h1-34H. The number of imidazole rings is 1. The van der Waals surface area contributed by atoms with Gasteiger partial charge in [-0.05, 0) is 102 Å². The van der Waals surface area contributed by atoms with Gasteiger partial charge >= 0.3 is 0 Å². The fourth-order valence-electron chi connectivity index (χ4n) is 7.94. The van der Waals surface area contributed by atoms with E-state index in [1.54, 1.807) is 0 Å². The van der Waals surface area contributed by atoms with Crippen molar-refractivity contribution in [1.29, 1.82) is 0 Å². The average Bonchev–Trinajstić information content (AvgIpc) is 3.63. The Morgan fingerprint density at radius 1 is 0.302 bits per heavy atom. The largest absolute Gasteiger partial charge is 0.292 e. The first kappa shape index (κ1) is 30.8. The van der Waals surface area contributed by atoms with Gasteiger partial charge in [-0.15, -0.1) is 0 Å². The molecule has 0 aliphatic rings. The van der Waals surface area contributed by atoms with Crippen LogP contribution >= 0.6 is 0 Å². The highest BCUT2D eigenvalue weighted by Gasteiger charge is 2.19. The molecule has 1 heterocycles. The summed E-state index contributed by atoms with van der Waals surface area (Å²) in [5.74, 6) is 0.930. The molecule has 0 N–H and O–H groups in total. The Hall–Kier alpha value is -7.03. The van der Waals surface area contributed by atoms with Gasteiger partial charge in [0.1, 0.15) is 5.82 Å². The number of benzene rings is 9. The van der Waals surface area contributed by atoms with Gasteiger partial charge in [-0.1, -0.05) is 170 Å². The molecular weight excluding hydrogens is 641 g/mol. The summed E-state index contributed by atoms with van der Waals surface area (Å²) in [6.45, 7) is 0. The summed E-state index contributed by atoms with van der Waals surface area (Å²) in [4.78, 5) is 5.14. The minimum Gasteiger partial charge on any atom is -0.292 e. The van der Waals surface area contributed by atoms with Gasteiger partial charge < -0.3 is 0 Å². The third-order valence-corrected chi connectivity index (χ3v) is 10.4. The van der Waals surface area contributed by atoms with Crippen molar-refractivity contribution in [3.8, 4) is 61.6 Å². The molecule has 0 saturated carbocycles. The predicted molar refractivity (Wildman–Crippen MR) is 223 cm³/mol. The monoisotopic (exact) mass is 674 g/mol. The lowest BCUT2D eigenvalue weighted by atomic mass is 9.84. The Balaban J connectivity index is 1.20. The summed E-state index contributed by atoms with van der Waals surface area (Å²) in [5, 5.41) is 4.94. The molecule has 9 aromatic carbocycles. The van der Waals surface area contributed by atoms with Crippen molar-refractivity contribution in [1.82, 2.24) is 9.55 Å². The van der Waals surface area contributed by atoms with E-state index in [0.29, 0.717) is 0 Å². The molecule has 248 valence electrons. The van der Waals surface area contributed by atoms with Gasteiger partial charge in [0, 0.05) is 11.3 Å². The zero-order chi connectivity index (χ0) is 35.1. The van der Waals surface area contributed by atoms with Crippen LogP contribution in [0.1, 0.15) is 0 Å². The van der Waals surface area contributed by atoms with Crippen LogP contribution in [-0.4, -0.2) is 9.55 Å². The Labute approximate surface area is 308 Å². The lowest BCUT2D eigenvalue weighted by molar-refractivity contribution is 1.10. The number of hydrogen-bond donors (Lipinski definition) is 0. The second-order valence-corrected chi connectivity index (χ2v) is 13.5. The molecule has 2 nitrogen and oxygen atoms in total. The molecule has 0 radical (unpaired) electrons. The smallest absolute Gasteiger partial charge is 0.145 e. The molecule has 0 saturated heterocycles. The van der Waals surface area contributed by atoms with Gasteiger partial charge in [0.2, 0.25) is 0 Å².